The zero-order valence-corrected chi connectivity index (χ0v) is 7.51. The number of nitriles is 1. The lowest BCUT2D eigenvalue weighted by atomic mass is 10.9. The van der Waals surface area contributed by atoms with Gasteiger partial charge in [0.1, 0.15) is 0 Å². The molecule has 0 saturated carbocycles. The molecule has 0 aliphatic rings. The molecule has 0 amide bonds. The van der Waals surface area contributed by atoms with Gasteiger partial charge < -0.3 is 9.05 Å². The lowest BCUT2D eigenvalue weighted by molar-refractivity contribution is 0.226. The first-order valence-corrected chi connectivity index (χ1v) is 4.92. The van der Waals surface area contributed by atoms with Crippen molar-refractivity contribution in [3.63, 3.8) is 0 Å². The van der Waals surface area contributed by atoms with Gasteiger partial charge in [-0.1, -0.05) is 0 Å². The average Bonchev–Trinajstić information content (AvgIpc) is 1.88. The van der Waals surface area contributed by atoms with Crippen molar-refractivity contribution in [3.05, 3.63) is 6.16 Å². The van der Waals surface area contributed by atoms with Crippen LogP contribution in [0.2, 0.25) is 0 Å². The molecule has 11 heavy (non-hydrogen) atoms. The second-order valence-electron chi connectivity index (χ2n) is 1.63. The molecule has 0 fully saturated rings. The topological polar surface area (TPSA) is 59.3 Å². The number of rotatable bonds is 5. The smallest absolute Gasteiger partial charge is 0.308 e. The maximum atomic E-state index is 11.3. The van der Waals surface area contributed by atoms with E-state index in [1.807, 2.05) is 0 Å². The molecule has 0 heterocycles. The molecular formula is C6H11NO3P. The van der Waals surface area contributed by atoms with E-state index in [0.717, 1.165) is 6.16 Å². The van der Waals surface area contributed by atoms with Crippen LogP contribution >= 0.6 is 7.60 Å². The van der Waals surface area contributed by atoms with E-state index in [0.29, 0.717) is 0 Å². The summed E-state index contributed by atoms with van der Waals surface area (Å²) in [4.78, 5) is 0. The van der Waals surface area contributed by atoms with Crippen LogP contribution in [0.1, 0.15) is 13.8 Å². The molecule has 0 atom stereocenters. The summed E-state index contributed by atoms with van der Waals surface area (Å²) in [6.07, 6.45) is 0.903. The molecule has 0 aromatic rings. The molecule has 0 spiro atoms. The molecule has 0 bridgehead atoms. The van der Waals surface area contributed by atoms with Gasteiger partial charge in [0.05, 0.1) is 19.3 Å². The van der Waals surface area contributed by atoms with Crippen LogP contribution in [0.15, 0.2) is 0 Å². The Kier molecular flexibility index (Phi) is 5.14. The summed E-state index contributed by atoms with van der Waals surface area (Å²) in [5, 5.41) is 8.22. The van der Waals surface area contributed by atoms with E-state index in [1.165, 1.54) is 0 Å². The number of nitrogens with zero attached hydrogens (tertiary/aromatic N) is 1. The Balaban J connectivity index is 4.04. The van der Waals surface area contributed by atoms with Crippen LogP contribution in [0.4, 0.5) is 0 Å². The van der Waals surface area contributed by atoms with Gasteiger partial charge in [-0.05, 0) is 13.8 Å². The molecule has 0 aromatic heterocycles. The first-order chi connectivity index (χ1) is 5.18. The monoisotopic (exact) mass is 176 g/mol. The highest BCUT2D eigenvalue weighted by molar-refractivity contribution is 7.56. The molecule has 0 aliphatic carbocycles. The second kappa shape index (κ2) is 5.31. The fourth-order valence-electron chi connectivity index (χ4n) is 0.542. The lowest BCUT2D eigenvalue weighted by Crippen LogP contribution is -1.94. The summed E-state index contributed by atoms with van der Waals surface area (Å²) < 4.78 is 20.8. The van der Waals surface area contributed by atoms with E-state index in [1.54, 1.807) is 19.9 Å². The standard InChI is InChI=1S/C6H11NO3P/c1-3-9-11(8,6-5-7)10-4-2/h6H,3-4H2,1-2H3. The summed E-state index contributed by atoms with van der Waals surface area (Å²) in [6, 6.07) is 1.64. The highest BCUT2D eigenvalue weighted by Crippen LogP contribution is 2.50. The summed E-state index contributed by atoms with van der Waals surface area (Å²) >= 11 is 0. The predicted octanol–water partition coefficient (Wildman–Crippen LogP) is 1.94. The molecule has 4 nitrogen and oxygen atoms in total. The minimum Gasteiger partial charge on any atom is -0.308 e. The third-order valence-electron chi connectivity index (χ3n) is 0.834. The van der Waals surface area contributed by atoms with Gasteiger partial charge in [0.15, 0.2) is 6.16 Å². The van der Waals surface area contributed by atoms with E-state index in [2.05, 4.69) is 0 Å². The Morgan fingerprint density at radius 2 is 1.91 bits per heavy atom. The normalized spacial score (nSPS) is 11.0. The van der Waals surface area contributed by atoms with Gasteiger partial charge in [0.2, 0.25) is 0 Å². The molecule has 0 saturated heterocycles. The van der Waals surface area contributed by atoms with E-state index in [9.17, 15) is 4.57 Å². The summed E-state index contributed by atoms with van der Waals surface area (Å²) in [7, 11) is -3.21. The van der Waals surface area contributed by atoms with Gasteiger partial charge >= 0.3 is 7.60 Å². The van der Waals surface area contributed by atoms with Crippen molar-refractivity contribution in [1.82, 2.24) is 0 Å². The number of hydrogen-bond donors (Lipinski definition) is 0. The zero-order valence-electron chi connectivity index (χ0n) is 6.61. The maximum Gasteiger partial charge on any atom is 0.349 e. The molecule has 0 aliphatic heterocycles. The Bertz CT molecular complexity index is 177. The van der Waals surface area contributed by atoms with E-state index >= 15 is 0 Å². The Morgan fingerprint density at radius 1 is 1.45 bits per heavy atom. The van der Waals surface area contributed by atoms with Gasteiger partial charge in [-0.3, -0.25) is 4.57 Å². The lowest BCUT2D eigenvalue weighted by Gasteiger charge is -2.12. The van der Waals surface area contributed by atoms with Gasteiger partial charge in [-0.15, -0.1) is 0 Å². The average molecular weight is 176 g/mol. The van der Waals surface area contributed by atoms with Gasteiger partial charge in [-0.2, -0.15) is 5.26 Å². The van der Waals surface area contributed by atoms with Crippen LogP contribution in [0.5, 0.6) is 0 Å². The fraction of sp³-hybridized carbons (Fsp3) is 0.667. The van der Waals surface area contributed by atoms with Crippen LogP contribution < -0.4 is 0 Å². The minimum atomic E-state index is -3.21. The largest absolute Gasteiger partial charge is 0.349 e. The van der Waals surface area contributed by atoms with E-state index in [-0.39, 0.29) is 13.2 Å². The first-order valence-electron chi connectivity index (χ1n) is 3.31. The zero-order chi connectivity index (χ0) is 8.74. The van der Waals surface area contributed by atoms with Crippen molar-refractivity contribution in [2.75, 3.05) is 13.2 Å². The SMILES string of the molecule is CCOP(=O)([CH]C#N)OCC. The molecule has 63 valence electrons. The Morgan fingerprint density at radius 3 is 2.18 bits per heavy atom. The molecule has 5 heteroatoms. The Labute approximate surface area is 66.6 Å². The minimum absolute atomic E-state index is 0.273. The maximum absolute atomic E-state index is 11.3. The number of hydrogen-bond acceptors (Lipinski definition) is 4. The van der Waals surface area contributed by atoms with E-state index < -0.39 is 7.60 Å². The van der Waals surface area contributed by atoms with Gasteiger partial charge in [0, 0.05) is 0 Å². The predicted molar refractivity (Wildman–Crippen MR) is 40.8 cm³/mol. The highest BCUT2D eigenvalue weighted by Gasteiger charge is 2.23. The quantitative estimate of drug-likeness (QED) is 0.600. The fourth-order valence-corrected chi connectivity index (χ4v) is 1.63. The second-order valence-corrected chi connectivity index (χ2v) is 3.49. The molecule has 0 rings (SSSR count). The third kappa shape index (κ3) is 4.15. The van der Waals surface area contributed by atoms with Crippen LogP contribution in [0, 0.1) is 17.5 Å². The highest BCUT2D eigenvalue weighted by atomic mass is 31.2. The van der Waals surface area contributed by atoms with Crippen molar-refractivity contribution in [1.29, 1.82) is 5.26 Å². The van der Waals surface area contributed by atoms with Crippen molar-refractivity contribution in [3.8, 4) is 6.07 Å². The summed E-state index contributed by atoms with van der Waals surface area (Å²) in [5.74, 6) is 0. The molecule has 0 N–H and O–H groups in total. The van der Waals surface area contributed by atoms with Crippen LogP contribution in [0.25, 0.3) is 0 Å². The Hall–Kier alpha value is -0.360. The van der Waals surface area contributed by atoms with Crippen LogP contribution in [-0.2, 0) is 13.6 Å². The van der Waals surface area contributed by atoms with Crippen LogP contribution in [-0.4, -0.2) is 13.2 Å². The molecule has 0 aromatic carbocycles. The summed E-state index contributed by atoms with van der Waals surface area (Å²) in [6.45, 7) is 3.93. The summed E-state index contributed by atoms with van der Waals surface area (Å²) in [5.41, 5.74) is 0. The molecule has 1 radical (unpaired) electrons. The molecular weight excluding hydrogens is 165 g/mol. The van der Waals surface area contributed by atoms with E-state index in [4.69, 9.17) is 14.3 Å². The van der Waals surface area contributed by atoms with Crippen LogP contribution in [0.3, 0.4) is 0 Å². The van der Waals surface area contributed by atoms with Crippen molar-refractivity contribution >= 4 is 7.60 Å². The van der Waals surface area contributed by atoms with Crippen molar-refractivity contribution in [2.45, 2.75) is 13.8 Å². The van der Waals surface area contributed by atoms with Gasteiger partial charge in [0.25, 0.3) is 0 Å². The van der Waals surface area contributed by atoms with Crippen molar-refractivity contribution in [2.24, 2.45) is 0 Å². The van der Waals surface area contributed by atoms with Gasteiger partial charge in [-0.25, -0.2) is 0 Å². The van der Waals surface area contributed by atoms with Crippen molar-refractivity contribution < 1.29 is 13.6 Å². The molecule has 0 unspecified atom stereocenters. The first kappa shape index (κ1) is 10.6. The third-order valence-corrected chi connectivity index (χ3v) is 2.50.